The molecule has 1 aromatic heterocycles. The lowest BCUT2D eigenvalue weighted by Gasteiger charge is -1.89. The maximum absolute atomic E-state index is 5.55. The maximum atomic E-state index is 5.55. The van der Waals surface area contributed by atoms with Crippen molar-refractivity contribution in [2.24, 2.45) is 12.8 Å². The summed E-state index contributed by atoms with van der Waals surface area (Å²) in [6, 6.07) is 0. The highest BCUT2D eigenvalue weighted by Gasteiger charge is 2.00. The average Bonchev–Trinajstić information content (AvgIpc) is 2.29. The molecule has 0 spiro atoms. The quantitative estimate of drug-likeness (QED) is 0.715. The maximum Gasteiger partial charge on any atom is 0.0917 e. The Hall–Kier alpha value is -1.51. The Bertz CT molecular complexity index is 317. The van der Waals surface area contributed by atoms with Crippen molar-refractivity contribution in [1.29, 1.82) is 0 Å². The van der Waals surface area contributed by atoms with Gasteiger partial charge in [-0.2, -0.15) is 5.10 Å². The molecular weight excluding hydrogens is 150 g/mol. The molecule has 0 aliphatic carbocycles. The van der Waals surface area contributed by atoms with Crippen LogP contribution in [0.5, 0.6) is 0 Å². The van der Waals surface area contributed by atoms with Gasteiger partial charge in [0.05, 0.1) is 5.69 Å². The second-order valence-electron chi connectivity index (χ2n) is 2.74. The van der Waals surface area contributed by atoms with Gasteiger partial charge in [0.15, 0.2) is 0 Å². The van der Waals surface area contributed by atoms with Crippen molar-refractivity contribution in [1.82, 2.24) is 9.78 Å². The lowest BCUT2D eigenvalue weighted by molar-refractivity contribution is 0.764. The lowest BCUT2D eigenvalue weighted by atomic mass is 10.2. The lowest BCUT2D eigenvalue weighted by Crippen LogP contribution is -1.89. The van der Waals surface area contributed by atoms with E-state index in [1.54, 1.807) is 10.8 Å². The van der Waals surface area contributed by atoms with Crippen LogP contribution >= 0.6 is 0 Å². The predicted molar refractivity (Wildman–Crippen MR) is 51.1 cm³/mol. The Kier molecular flexibility index (Phi) is 2.33. The van der Waals surface area contributed by atoms with Crippen molar-refractivity contribution >= 4 is 12.2 Å². The molecule has 0 aliphatic rings. The van der Waals surface area contributed by atoms with Gasteiger partial charge in [-0.1, -0.05) is 6.58 Å². The van der Waals surface area contributed by atoms with E-state index in [1.807, 2.05) is 26.2 Å². The fraction of sp³-hybridized carbons (Fsp3) is 0.222. The molecule has 3 heteroatoms. The van der Waals surface area contributed by atoms with Crippen LogP contribution in [0.3, 0.4) is 0 Å². The molecule has 1 aromatic rings. The monoisotopic (exact) mass is 163 g/mol. The first kappa shape index (κ1) is 8.59. The molecule has 0 fully saturated rings. The summed E-state index contributed by atoms with van der Waals surface area (Å²) in [5.74, 6) is 0. The van der Waals surface area contributed by atoms with E-state index in [0.29, 0.717) is 0 Å². The van der Waals surface area contributed by atoms with Crippen LogP contribution in [0.4, 0.5) is 0 Å². The second-order valence-corrected chi connectivity index (χ2v) is 2.74. The van der Waals surface area contributed by atoms with Crippen molar-refractivity contribution in [2.45, 2.75) is 6.92 Å². The van der Waals surface area contributed by atoms with Crippen LogP contribution in [0.2, 0.25) is 0 Å². The fourth-order valence-corrected chi connectivity index (χ4v) is 1.04. The molecule has 0 saturated carbocycles. The number of allylic oxidation sites excluding steroid dienone is 1. The van der Waals surface area contributed by atoms with Gasteiger partial charge in [-0.25, -0.2) is 0 Å². The molecule has 0 amide bonds. The number of nitrogens with zero attached hydrogens (tertiary/aromatic N) is 2. The van der Waals surface area contributed by atoms with Gasteiger partial charge < -0.3 is 5.73 Å². The summed E-state index contributed by atoms with van der Waals surface area (Å²) in [5.41, 5.74) is 8.19. The summed E-state index contributed by atoms with van der Waals surface area (Å²) in [6.07, 6.45) is 5.51. The molecule has 0 radical (unpaired) electrons. The molecule has 12 heavy (non-hydrogen) atoms. The van der Waals surface area contributed by atoms with Crippen LogP contribution in [0, 0.1) is 0 Å². The van der Waals surface area contributed by atoms with Crippen molar-refractivity contribution < 1.29 is 0 Å². The summed E-state index contributed by atoms with van der Waals surface area (Å²) in [7, 11) is 1.87. The van der Waals surface area contributed by atoms with E-state index in [1.165, 1.54) is 0 Å². The summed E-state index contributed by atoms with van der Waals surface area (Å²) >= 11 is 0. The molecule has 1 heterocycles. The molecule has 0 aromatic carbocycles. The van der Waals surface area contributed by atoms with Gasteiger partial charge in [0.1, 0.15) is 0 Å². The van der Waals surface area contributed by atoms with Crippen molar-refractivity contribution in [3.63, 3.8) is 0 Å². The van der Waals surface area contributed by atoms with Gasteiger partial charge in [-0.05, 0) is 19.1 Å². The van der Waals surface area contributed by atoms with Crippen molar-refractivity contribution in [3.05, 3.63) is 29.7 Å². The van der Waals surface area contributed by atoms with Crippen LogP contribution in [-0.2, 0) is 7.05 Å². The third-order valence-electron chi connectivity index (χ3n) is 1.46. The highest BCUT2D eigenvalue weighted by atomic mass is 15.2. The second kappa shape index (κ2) is 3.26. The van der Waals surface area contributed by atoms with Crippen LogP contribution in [0.25, 0.3) is 12.2 Å². The minimum absolute atomic E-state index is 0.770. The molecule has 64 valence electrons. The van der Waals surface area contributed by atoms with Gasteiger partial charge in [-0.15, -0.1) is 0 Å². The third kappa shape index (κ3) is 1.75. The predicted octanol–water partition coefficient (Wildman–Crippen LogP) is 1.38. The van der Waals surface area contributed by atoms with E-state index in [2.05, 4.69) is 11.7 Å². The third-order valence-corrected chi connectivity index (χ3v) is 1.46. The minimum Gasteiger partial charge on any atom is -0.402 e. The molecule has 0 aliphatic heterocycles. The first-order valence-corrected chi connectivity index (χ1v) is 3.73. The highest BCUT2D eigenvalue weighted by Crippen LogP contribution is 2.10. The summed E-state index contributed by atoms with van der Waals surface area (Å²) in [4.78, 5) is 0. The van der Waals surface area contributed by atoms with Gasteiger partial charge in [0.25, 0.3) is 0 Å². The molecular formula is C9H13N3. The Morgan fingerprint density at radius 3 is 2.92 bits per heavy atom. The first-order chi connectivity index (χ1) is 5.63. The van der Waals surface area contributed by atoms with E-state index in [4.69, 9.17) is 5.73 Å². The smallest absolute Gasteiger partial charge is 0.0917 e. The number of hydrogen-bond acceptors (Lipinski definition) is 2. The van der Waals surface area contributed by atoms with E-state index in [0.717, 1.165) is 17.0 Å². The van der Waals surface area contributed by atoms with Gasteiger partial charge in [0.2, 0.25) is 0 Å². The van der Waals surface area contributed by atoms with E-state index >= 15 is 0 Å². The molecule has 0 bridgehead atoms. The Morgan fingerprint density at radius 1 is 1.75 bits per heavy atom. The molecule has 3 nitrogen and oxygen atoms in total. The van der Waals surface area contributed by atoms with Crippen molar-refractivity contribution in [2.75, 3.05) is 0 Å². The molecule has 0 saturated heterocycles. The highest BCUT2D eigenvalue weighted by molar-refractivity contribution is 5.61. The summed E-state index contributed by atoms with van der Waals surface area (Å²) in [5, 5.41) is 4.18. The number of nitrogens with two attached hydrogens (primary N) is 1. The normalized spacial score (nSPS) is 11.7. The molecule has 0 atom stereocenters. The molecule has 1 rings (SSSR count). The van der Waals surface area contributed by atoms with Crippen molar-refractivity contribution in [3.8, 4) is 0 Å². The number of aryl methyl sites for hydroxylation is 1. The van der Waals surface area contributed by atoms with Gasteiger partial charge in [0, 0.05) is 24.5 Å². The van der Waals surface area contributed by atoms with Gasteiger partial charge >= 0.3 is 0 Å². The zero-order valence-electron chi connectivity index (χ0n) is 7.41. The Balaban J connectivity index is 3.13. The number of rotatable bonds is 2. The Labute approximate surface area is 72.2 Å². The zero-order valence-corrected chi connectivity index (χ0v) is 7.41. The van der Waals surface area contributed by atoms with Crippen LogP contribution in [-0.4, -0.2) is 9.78 Å². The van der Waals surface area contributed by atoms with Crippen LogP contribution < -0.4 is 5.73 Å². The molecule has 2 N–H and O–H groups in total. The van der Waals surface area contributed by atoms with E-state index in [-0.39, 0.29) is 0 Å². The largest absolute Gasteiger partial charge is 0.402 e. The standard InChI is InChI=1S/C9H13N3/c1-4-9-8(5-7(2)10)6-12(3)11-9/h4-6H,1,10H2,2-3H3/b7-5+. The summed E-state index contributed by atoms with van der Waals surface area (Å²) < 4.78 is 1.74. The zero-order chi connectivity index (χ0) is 9.14. The number of hydrogen-bond donors (Lipinski definition) is 1. The SMILES string of the molecule is C=Cc1nn(C)cc1/C=C(\C)N. The summed E-state index contributed by atoms with van der Waals surface area (Å²) in [6.45, 7) is 5.51. The van der Waals surface area contributed by atoms with Gasteiger partial charge in [-0.3, -0.25) is 4.68 Å². The first-order valence-electron chi connectivity index (χ1n) is 3.73. The van der Waals surface area contributed by atoms with E-state index < -0.39 is 0 Å². The van der Waals surface area contributed by atoms with Crippen LogP contribution in [0.1, 0.15) is 18.2 Å². The minimum atomic E-state index is 0.770. The number of aromatic nitrogens is 2. The topological polar surface area (TPSA) is 43.8 Å². The average molecular weight is 163 g/mol. The fourth-order valence-electron chi connectivity index (χ4n) is 1.04. The Morgan fingerprint density at radius 2 is 2.42 bits per heavy atom. The van der Waals surface area contributed by atoms with E-state index in [9.17, 15) is 0 Å². The molecule has 0 unspecified atom stereocenters. The van der Waals surface area contributed by atoms with Crippen LogP contribution in [0.15, 0.2) is 18.5 Å².